The molecule has 3 rings (SSSR count). The van der Waals surface area contributed by atoms with E-state index in [2.05, 4.69) is 39.6 Å². The molecule has 1 heterocycles. The Morgan fingerprint density at radius 2 is 1.85 bits per heavy atom. The molecule has 0 aliphatic heterocycles. The second-order valence-electron chi connectivity index (χ2n) is 6.16. The van der Waals surface area contributed by atoms with E-state index in [-0.39, 0.29) is 24.2 Å². The average molecular weight is 386 g/mol. The second kappa shape index (κ2) is 9.85. The first kappa shape index (κ1) is 20.6. The number of rotatable bonds is 7. The van der Waals surface area contributed by atoms with E-state index in [1.807, 2.05) is 42.5 Å². The molecule has 0 saturated heterocycles. The largest absolute Gasteiger partial charge is 0.326 e. The molecule has 2 aromatic carbocycles. The fourth-order valence-electron chi connectivity index (χ4n) is 2.88. The molecular formula is C20H24ClN5O. The Labute approximate surface area is 165 Å². The Morgan fingerprint density at radius 3 is 2.44 bits per heavy atom. The van der Waals surface area contributed by atoms with Crippen LogP contribution in [0.4, 0.5) is 5.69 Å². The van der Waals surface area contributed by atoms with Crippen LogP contribution in [0.25, 0.3) is 11.4 Å². The summed E-state index contributed by atoms with van der Waals surface area (Å²) in [6.45, 7) is 2.42. The van der Waals surface area contributed by atoms with E-state index in [1.54, 1.807) is 0 Å². The molecular weight excluding hydrogens is 362 g/mol. The van der Waals surface area contributed by atoms with Crippen molar-refractivity contribution in [2.45, 2.75) is 32.2 Å². The zero-order valence-corrected chi connectivity index (χ0v) is 16.0. The van der Waals surface area contributed by atoms with Gasteiger partial charge in [-0.15, -0.1) is 12.4 Å². The number of aromatic amines is 1. The monoisotopic (exact) mass is 385 g/mol. The summed E-state index contributed by atoms with van der Waals surface area (Å²) in [5, 5.41) is 9.88. The summed E-state index contributed by atoms with van der Waals surface area (Å²) in [6, 6.07) is 17.6. The number of amides is 1. The van der Waals surface area contributed by atoms with Crippen LogP contribution < -0.4 is 11.1 Å². The van der Waals surface area contributed by atoms with Crippen LogP contribution in [0.1, 0.15) is 37.1 Å². The molecule has 27 heavy (non-hydrogen) atoms. The molecule has 4 N–H and O–H groups in total. The average Bonchev–Trinajstić information content (AvgIpc) is 3.16. The Morgan fingerprint density at radius 1 is 1.15 bits per heavy atom. The minimum atomic E-state index is 0. The minimum Gasteiger partial charge on any atom is -0.326 e. The predicted molar refractivity (Wildman–Crippen MR) is 110 cm³/mol. The van der Waals surface area contributed by atoms with E-state index in [0.717, 1.165) is 17.7 Å². The lowest BCUT2D eigenvalue weighted by atomic mass is 9.93. The second-order valence-corrected chi connectivity index (χ2v) is 6.16. The van der Waals surface area contributed by atoms with E-state index < -0.39 is 0 Å². The van der Waals surface area contributed by atoms with Crippen LogP contribution in [-0.4, -0.2) is 21.1 Å². The van der Waals surface area contributed by atoms with Crippen LogP contribution in [0.5, 0.6) is 0 Å². The third-order valence-corrected chi connectivity index (χ3v) is 4.35. The lowest BCUT2D eigenvalue weighted by molar-refractivity contribution is -0.116. The van der Waals surface area contributed by atoms with Crippen LogP contribution in [-0.2, 0) is 11.3 Å². The van der Waals surface area contributed by atoms with Crippen molar-refractivity contribution in [3.05, 3.63) is 66.0 Å². The molecule has 1 amide bonds. The van der Waals surface area contributed by atoms with Gasteiger partial charge in [-0.25, -0.2) is 4.98 Å². The number of carbonyl (C=O) groups excluding carboxylic acids is 1. The smallest absolute Gasteiger partial charge is 0.224 e. The van der Waals surface area contributed by atoms with Gasteiger partial charge in [0, 0.05) is 17.7 Å². The summed E-state index contributed by atoms with van der Waals surface area (Å²) in [6.07, 6.45) is 1.38. The Kier molecular flexibility index (Phi) is 7.52. The maximum Gasteiger partial charge on any atom is 0.224 e. The molecule has 6 nitrogen and oxygen atoms in total. The molecule has 1 unspecified atom stereocenters. The number of nitrogens with zero attached hydrogens (tertiary/aromatic N) is 2. The van der Waals surface area contributed by atoms with Crippen molar-refractivity contribution >= 4 is 24.0 Å². The summed E-state index contributed by atoms with van der Waals surface area (Å²) in [5.74, 6) is 1.47. The van der Waals surface area contributed by atoms with E-state index in [4.69, 9.17) is 5.73 Å². The van der Waals surface area contributed by atoms with E-state index in [0.29, 0.717) is 24.6 Å². The number of hydrogen-bond acceptors (Lipinski definition) is 4. The Hall–Kier alpha value is -2.70. The van der Waals surface area contributed by atoms with E-state index in [1.165, 1.54) is 5.56 Å². The van der Waals surface area contributed by atoms with Crippen molar-refractivity contribution in [3.63, 3.8) is 0 Å². The number of nitrogens with one attached hydrogen (secondary N) is 2. The highest BCUT2D eigenvalue weighted by Crippen LogP contribution is 2.24. The van der Waals surface area contributed by atoms with Gasteiger partial charge in [0.2, 0.25) is 5.91 Å². The van der Waals surface area contributed by atoms with Crippen LogP contribution >= 0.6 is 12.4 Å². The van der Waals surface area contributed by atoms with Gasteiger partial charge in [0.1, 0.15) is 5.82 Å². The van der Waals surface area contributed by atoms with Gasteiger partial charge < -0.3 is 11.1 Å². The van der Waals surface area contributed by atoms with Gasteiger partial charge in [-0.05, 0) is 42.2 Å². The number of halogens is 1. The molecule has 0 spiro atoms. The van der Waals surface area contributed by atoms with E-state index >= 15 is 0 Å². The molecule has 3 aromatic rings. The Bertz CT molecular complexity index is 848. The topological polar surface area (TPSA) is 96.7 Å². The fourth-order valence-corrected chi connectivity index (χ4v) is 2.88. The fraction of sp³-hybridized carbons (Fsp3) is 0.250. The summed E-state index contributed by atoms with van der Waals surface area (Å²) in [7, 11) is 0. The molecule has 142 valence electrons. The number of carbonyl (C=O) groups is 1. The standard InChI is InChI=1S/C20H23N5O.ClH/c1-2-14(15-6-4-3-5-7-15)12-19(26)22-17-10-8-16(9-11-17)20-23-18(13-21)24-25-20;/h3-11,14H,2,12-13,21H2,1H3,(H,22,26)(H,23,24,25);1H. The normalized spacial score (nSPS) is 11.5. The van der Waals surface area contributed by atoms with Crippen molar-refractivity contribution in [2.24, 2.45) is 5.73 Å². The zero-order chi connectivity index (χ0) is 18.4. The summed E-state index contributed by atoms with van der Waals surface area (Å²) in [4.78, 5) is 16.7. The lowest BCUT2D eigenvalue weighted by Gasteiger charge is -2.15. The van der Waals surface area contributed by atoms with Gasteiger partial charge in [0.25, 0.3) is 0 Å². The Balaban J connectivity index is 0.00000261. The highest BCUT2D eigenvalue weighted by atomic mass is 35.5. The van der Waals surface area contributed by atoms with Crippen molar-refractivity contribution in [3.8, 4) is 11.4 Å². The van der Waals surface area contributed by atoms with Gasteiger partial charge in [-0.2, -0.15) is 5.10 Å². The van der Waals surface area contributed by atoms with Crippen LogP contribution in [0.2, 0.25) is 0 Å². The number of benzene rings is 2. The molecule has 1 atom stereocenters. The van der Waals surface area contributed by atoms with Gasteiger partial charge in [0.15, 0.2) is 5.82 Å². The number of anilines is 1. The number of hydrogen-bond donors (Lipinski definition) is 3. The zero-order valence-electron chi connectivity index (χ0n) is 15.2. The molecule has 1 aromatic heterocycles. The molecule has 0 bridgehead atoms. The predicted octanol–water partition coefficient (Wildman–Crippen LogP) is 3.87. The maximum atomic E-state index is 12.4. The van der Waals surface area contributed by atoms with Gasteiger partial charge >= 0.3 is 0 Å². The van der Waals surface area contributed by atoms with Gasteiger partial charge in [-0.3, -0.25) is 9.89 Å². The summed E-state index contributed by atoms with van der Waals surface area (Å²) in [5.41, 5.74) is 8.36. The van der Waals surface area contributed by atoms with Crippen LogP contribution in [0, 0.1) is 0 Å². The number of aromatic nitrogens is 3. The van der Waals surface area contributed by atoms with Crippen LogP contribution in [0.15, 0.2) is 54.6 Å². The number of H-pyrrole nitrogens is 1. The minimum absolute atomic E-state index is 0. The third-order valence-electron chi connectivity index (χ3n) is 4.35. The first-order chi connectivity index (χ1) is 12.7. The SMILES string of the molecule is CCC(CC(=O)Nc1ccc(-c2n[nH]c(CN)n2)cc1)c1ccccc1.Cl. The molecule has 7 heteroatoms. The van der Waals surface area contributed by atoms with E-state index in [9.17, 15) is 4.79 Å². The van der Waals surface area contributed by atoms with Crippen molar-refractivity contribution in [2.75, 3.05) is 5.32 Å². The maximum absolute atomic E-state index is 12.4. The molecule has 0 aliphatic carbocycles. The van der Waals surface area contributed by atoms with Gasteiger partial charge in [-0.1, -0.05) is 37.3 Å². The lowest BCUT2D eigenvalue weighted by Crippen LogP contribution is -2.15. The van der Waals surface area contributed by atoms with Crippen molar-refractivity contribution < 1.29 is 4.79 Å². The first-order valence-corrected chi connectivity index (χ1v) is 8.76. The quantitative estimate of drug-likeness (QED) is 0.575. The highest BCUT2D eigenvalue weighted by Gasteiger charge is 2.14. The van der Waals surface area contributed by atoms with Gasteiger partial charge in [0.05, 0.1) is 6.54 Å². The van der Waals surface area contributed by atoms with Crippen LogP contribution in [0.3, 0.4) is 0 Å². The number of nitrogens with two attached hydrogens (primary N) is 1. The molecule has 0 fully saturated rings. The molecule has 0 aliphatic rings. The van der Waals surface area contributed by atoms with Crippen molar-refractivity contribution in [1.29, 1.82) is 0 Å². The first-order valence-electron chi connectivity index (χ1n) is 8.76. The highest BCUT2D eigenvalue weighted by molar-refractivity contribution is 5.91. The molecule has 0 radical (unpaired) electrons. The molecule has 0 saturated carbocycles. The third kappa shape index (κ3) is 5.39. The van der Waals surface area contributed by atoms with Crippen molar-refractivity contribution in [1.82, 2.24) is 15.2 Å². The summed E-state index contributed by atoms with van der Waals surface area (Å²) >= 11 is 0. The summed E-state index contributed by atoms with van der Waals surface area (Å²) < 4.78 is 0.